The van der Waals surface area contributed by atoms with Gasteiger partial charge in [-0.25, -0.2) is 9.59 Å². The number of alkyl carbamates (subject to hydrolysis) is 1. The first-order chi connectivity index (χ1) is 23.2. The number of benzene rings is 3. The molecule has 4 N–H and O–H groups in total. The first-order valence-corrected chi connectivity index (χ1v) is 15.5. The van der Waals surface area contributed by atoms with Gasteiger partial charge in [-0.3, -0.25) is 24.5 Å². The van der Waals surface area contributed by atoms with Crippen molar-refractivity contribution in [3.8, 4) is 0 Å². The van der Waals surface area contributed by atoms with Gasteiger partial charge in [-0.05, 0) is 56.5 Å². The average molecular weight is 676 g/mol. The second-order valence-corrected chi connectivity index (χ2v) is 12.2. The molecule has 14 heteroatoms. The van der Waals surface area contributed by atoms with Crippen molar-refractivity contribution >= 4 is 35.5 Å². The molecule has 260 valence electrons. The number of non-ortho nitro benzene ring substituents is 1. The minimum absolute atomic E-state index is 0.0683. The fourth-order valence-electron chi connectivity index (χ4n) is 4.46. The van der Waals surface area contributed by atoms with Crippen molar-refractivity contribution in [2.75, 3.05) is 6.54 Å². The minimum atomic E-state index is -1.15. The number of nitrogens with one attached hydrogen (secondary N) is 4. The number of rotatable bonds is 15. The summed E-state index contributed by atoms with van der Waals surface area (Å²) < 4.78 is 10.6. The smallest absolute Gasteiger partial charge is 0.408 e. The number of carbonyl (C=O) groups is 5. The summed E-state index contributed by atoms with van der Waals surface area (Å²) in [6.07, 6.45) is -0.648. The van der Waals surface area contributed by atoms with Crippen molar-refractivity contribution in [2.45, 2.75) is 70.9 Å². The Balaban J connectivity index is 1.70. The molecule has 0 saturated heterocycles. The molecule has 4 amide bonds. The Kier molecular flexibility index (Phi) is 13.8. The van der Waals surface area contributed by atoms with Crippen LogP contribution in [0.25, 0.3) is 0 Å². The van der Waals surface area contributed by atoms with Gasteiger partial charge in [-0.15, -0.1) is 0 Å². The van der Waals surface area contributed by atoms with Gasteiger partial charge in [0.2, 0.25) is 17.7 Å². The number of carbonyl (C=O) groups excluding carboxylic acids is 5. The SMILES string of the molecule is CC(NC(=O)OC(C)(C)C)C(=O)NCC(=O)NC(Cc1ccccc1)C(=O)NC(Cc1ccccc1)C(=O)OCc1ccc([N+](=O)[O-])cc1. The van der Waals surface area contributed by atoms with Crippen molar-refractivity contribution < 1.29 is 38.4 Å². The Hall–Kier alpha value is -5.79. The monoisotopic (exact) mass is 675 g/mol. The number of hydrogen-bond donors (Lipinski definition) is 4. The number of ether oxygens (including phenoxy) is 2. The largest absolute Gasteiger partial charge is 0.459 e. The van der Waals surface area contributed by atoms with Crippen LogP contribution in [0.3, 0.4) is 0 Å². The molecule has 3 atom stereocenters. The molecule has 0 aliphatic rings. The highest BCUT2D eigenvalue weighted by atomic mass is 16.6. The topological polar surface area (TPSA) is 195 Å². The molecule has 0 aromatic heterocycles. The molecule has 0 aliphatic carbocycles. The third kappa shape index (κ3) is 13.5. The quantitative estimate of drug-likeness (QED) is 0.106. The maximum absolute atomic E-state index is 13.7. The van der Waals surface area contributed by atoms with Crippen molar-refractivity contribution in [2.24, 2.45) is 0 Å². The fourth-order valence-corrected chi connectivity index (χ4v) is 4.46. The summed E-state index contributed by atoms with van der Waals surface area (Å²) in [5.41, 5.74) is 1.10. The van der Waals surface area contributed by atoms with Crippen LogP contribution >= 0.6 is 0 Å². The Morgan fingerprint density at radius 2 is 1.29 bits per heavy atom. The minimum Gasteiger partial charge on any atom is -0.459 e. The summed E-state index contributed by atoms with van der Waals surface area (Å²) in [6, 6.07) is 20.1. The van der Waals surface area contributed by atoms with Gasteiger partial charge >= 0.3 is 12.1 Å². The van der Waals surface area contributed by atoms with Crippen LogP contribution < -0.4 is 21.3 Å². The van der Waals surface area contributed by atoms with E-state index < -0.39 is 65.0 Å². The van der Waals surface area contributed by atoms with E-state index in [4.69, 9.17) is 9.47 Å². The lowest BCUT2D eigenvalue weighted by molar-refractivity contribution is -0.384. The molecule has 3 aromatic rings. The summed E-state index contributed by atoms with van der Waals surface area (Å²) >= 11 is 0. The van der Waals surface area contributed by atoms with Crippen LogP contribution in [-0.4, -0.2) is 65.0 Å². The van der Waals surface area contributed by atoms with Crippen molar-refractivity contribution in [3.05, 3.63) is 112 Å². The lowest BCUT2D eigenvalue weighted by atomic mass is 10.0. The summed E-state index contributed by atoms with van der Waals surface area (Å²) in [5, 5.41) is 21.1. The molecule has 0 fully saturated rings. The molecule has 49 heavy (non-hydrogen) atoms. The molecular formula is C35H41N5O9. The molecule has 0 spiro atoms. The first-order valence-electron chi connectivity index (χ1n) is 15.5. The third-order valence-electron chi connectivity index (χ3n) is 6.90. The molecule has 0 bridgehead atoms. The van der Waals surface area contributed by atoms with E-state index in [1.807, 2.05) is 6.07 Å². The zero-order valence-electron chi connectivity index (χ0n) is 27.8. The van der Waals surface area contributed by atoms with E-state index in [1.165, 1.54) is 31.2 Å². The van der Waals surface area contributed by atoms with Gasteiger partial charge in [0.15, 0.2) is 0 Å². The number of nitrogens with zero attached hydrogens (tertiary/aromatic N) is 1. The van der Waals surface area contributed by atoms with Crippen LogP contribution in [0.15, 0.2) is 84.9 Å². The lowest BCUT2D eigenvalue weighted by Crippen LogP contribution is -2.55. The van der Waals surface area contributed by atoms with Crippen molar-refractivity contribution in [1.29, 1.82) is 0 Å². The second kappa shape index (κ2) is 17.9. The highest BCUT2D eigenvalue weighted by Crippen LogP contribution is 2.14. The van der Waals surface area contributed by atoms with E-state index >= 15 is 0 Å². The van der Waals surface area contributed by atoms with Gasteiger partial charge in [0.05, 0.1) is 11.5 Å². The standard InChI is InChI=1S/C35H41N5O9/c1-23(37-34(45)49-35(2,3)4)31(42)36-21-30(41)38-28(19-24-11-7-5-8-12-24)32(43)39-29(20-25-13-9-6-10-14-25)33(44)48-22-26-15-17-27(18-16-26)40(46)47/h5-18,23,28-29H,19-22H2,1-4H3,(H,36,42)(H,37,45)(H,38,41)(H,39,43). The lowest BCUT2D eigenvalue weighted by Gasteiger charge is -2.23. The normalized spacial score (nSPS) is 12.7. The molecule has 14 nitrogen and oxygen atoms in total. The van der Waals surface area contributed by atoms with Crippen molar-refractivity contribution in [1.82, 2.24) is 21.3 Å². The molecule has 3 rings (SSSR count). The molecule has 0 radical (unpaired) electrons. The van der Waals surface area contributed by atoms with Crippen LogP contribution in [0, 0.1) is 10.1 Å². The van der Waals surface area contributed by atoms with Gasteiger partial charge in [-0.2, -0.15) is 0 Å². The number of nitro benzene ring substituents is 1. The second-order valence-electron chi connectivity index (χ2n) is 12.2. The Labute approximate surface area is 284 Å². The number of hydrogen-bond acceptors (Lipinski definition) is 9. The van der Waals surface area contributed by atoms with Gasteiger partial charge in [-0.1, -0.05) is 60.7 Å². The van der Waals surface area contributed by atoms with E-state index in [-0.39, 0.29) is 25.1 Å². The zero-order valence-corrected chi connectivity index (χ0v) is 27.8. The molecule has 0 saturated carbocycles. The summed E-state index contributed by atoms with van der Waals surface area (Å²) in [6.45, 7) is 5.77. The van der Waals surface area contributed by atoms with Gasteiger partial charge in [0.25, 0.3) is 5.69 Å². The summed E-state index contributed by atoms with van der Waals surface area (Å²) in [5.74, 6) is -2.76. The summed E-state index contributed by atoms with van der Waals surface area (Å²) in [4.78, 5) is 75.0. The average Bonchev–Trinajstić information content (AvgIpc) is 3.05. The Morgan fingerprint density at radius 3 is 1.82 bits per heavy atom. The highest BCUT2D eigenvalue weighted by Gasteiger charge is 2.29. The Morgan fingerprint density at radius 1 is 0.735 bits per heavy atom. The van der Waals surface area contributed by atoms with E-state index in [0.29, 0.717) is 5.56 Å². The highest BCUT2D eigenvalue weighted by molar-refractivity contribution is 5.93. The van der Waals surface area contributed by atoms with Gasteiger partial charge in [0, 0.05) is 25.0 Å². The molecule has 0 aliphatic heterocycles. The Bertz CT molecular complexity index is 1590. The van der Waals surface area contributed by atoms with Crippen LogP contribution in [-0.2, 0) is 48.1 Å². The van der Waals surface area contributed by atoms with Crippen LogP contribution in [0.5, 0.6) is 0 Å². The fraction of sp³-hybridized carbons (Fsp3) is 0.343. The maximum Gasteiger partial charge on any atom is 0.408 e. The molecule has 3 unspecified atom stereocenters. The maximum atomic E-state index is 13.7. The van der Waals surface area contributed by atoms with Gasteiger partial charge in [0.1, 0.15) is 30.3 Å². The van der Waals surface area contributed by atoms with E-state index in [2.05, 4.69) is 21.3 Å². The zero-order chi connectivity index (χ0) is 36.0. The predicted octanol–water partition coefficient (Wildman–Crippen LogP) is 3.12. The van der Waals surface area contributed by atoms with Crippen LogP contribution in [0.4, 0.5) is 10.5 Å². The van der Waals surface area contributed by atoms with Gasteiger partial charge < -0.3 is 30.7 Å². The summed E-state index contributed by atoms with van der Waals surface area (Å²) in [7, 11) is 0. The number of amides is 4. The molecular weight excluding hydrogens is 634 g/mol. The third-order valence-corrected chi connectivity index (χ3v) is 6.90. The van der Waals surface area contributed by atoms with Crippen LogP contribution in [0.1, 0.15) is 44.4 Å². The first kappa shape index (κ1) is 37.7. The van der Waals surface area contributed by atoms with Crippen molar-refractivity contribution in [3.63, 3.8) is 0 Å². The van der Waals surface area contributed by atoms with Crippen LogP contribution in [0.2, 0.25) is 0 Å². The van der Waals surface area contributed by atoms with E-state index in [1.54, 1.807) is 75.4 Å². The van der Waals surface area contributed by atoms with E-state index in [9.17, 15) is 34.1 Å². The molecule has 3 aromatic carbocycles. The predicted molar refractivity (Wildman–Crippen MR) is 179 cm³/mol. The molecule has 0 heterocycles. The van der Waals surface area contributed by atoms with E-state index in [0.717, 1.165) is 11.1 Å². The number of nitro groups is 1. The number of esters is 1.